The number of hydrogen-bond acceptors (Lipinski definition) is 3. The Hall–Kier alpha value is -1.59. The summed E-state index contributed by atoms with van der Waals surface area (Å²) in [7, 11) is 4.00. The first-order chi connectivity index (χ1) is 10.8. The largest absolute Gasteiger partial charge is 0.394 e. The van der Waals surface area contributed by atoms with Gasteiger partial charge in [-0.3, -0.25) is 0 Å². The van der Waals surface area contributed by atoms with Gasteiger partial charge in [0.05, 0.1) is 18.2 Å². The van der Waals surface area contributed by atoms with Crippen LogP contribution in [0, 0.1) is 6.92 Å². The van der Waals surface area contributed by atoms with Crippen LogP contribution in [0.4, 0.5) is 4.79 Å². The molecule has 0 saturated carbocycles. The second-order valence-electron chi connectivity index (χ2n) is 6.69. The second-order valence-corrected chi connectivity index (χ2v) is 6.69. The van der Waals surface area contributed by atoms with E-state index >= 15 is 0 Å². The Labute approximate surface area is 140 Å². The first-order valence-electron chi connectivity index (χ1n) is 8.21. The first kappa shape index (κ1) is 19.5. The molecule has 1 aromatic rings. The van der Waals surface area contributed by atoms with Crippen molar-refractivity contribution < 1.29 is 9.90 Å². The zero-order chi connectivity index (χ0) is 17.5. The zero-order valence-electron chi connectivity index (χ0n) is 15.0. The van der Waals surface area contributed by atoms with Crippen molar-refractivity contribution in [2.24, 2.45) is 0 Å². The van der Waals surface area contributed by atoms with Gasteiger partial charge in [0.1, 0.15) is 0 Å². The number of aryl methyl sites for hydroxylation is 1. The van der Waals surface area contributed by atoms with Crippen LogP contribution in [0.1, 0.15) is 43.9 Å². The van der Waals surface area contributed by atoms with Crippen molar-refractivity contribution in [3.63, 3.8) is 0 Å². The minimum atomic E-state index is -0.573. The lowest BCUT2D eigenvalue weighted by molar-refractivity contribution is 0.162. The SMILES string of the molecule is CCCC(C)(CO)NC(=O)NCC(c1ccc(C)cc1)N(C)C. The standard InChI is InChI=1S/C18H31N3O2/c1-6-11-18(3,13-22)20-17(23)19-12-16(21(4)5)15-9-7-14(2)8-10-15/h7-10,16,22H,6,11-13H2,1-5H3,(H2,19,20,23). The maximum absolute atomic E-state index is 12.2. The van der Waals surface area contributed by atoms with E-state index in [1.165, 1.54) is 11.1 Å². The van der Waals surface area contributed by atoms with Crippen molar-refractivity contribution >= 4 is 6.03 Å². The summed E-state index contributed by atoms with van der Waals surface area (Å²) < 4.78 is 0. The van der Waals surface area contributed by atoms with E-state index in [9.17, 15) is 9.90 Å². The van der Waals surface area contributed by atoms with E-state index in [0.717, 1.165) is 12.8 Å². The molecule has 2 unspecified atom stereocenters. The summed E-state index contributed by atoms with van der Waals surface area (Å²) in [6, 6.07) is 8.21. The number of carbonyl (C=O) groups is 1. The van der Waals surface area contributed by atoms with Crippen molar-refractivity contribution in [2.45, 2.75) is 45.2 Å². The average Bonchev–Trinajstić information content (AvgIpc) is 2.49. The third kappa shape index (κ3) is 6.20. The van der Waals surface area contributed by atoms with E-state index in [4.69, 9.17) is 0 Å². The number of benzene rings is 1. The maximum Gasteiger partial charge on any atom is 0.315 e. The van der Waals surface area contributed by atoms with Gasteiger partial charge < -0.3 is 20.6 Å². The summed E-state index contributed by atoms with van der Waals surface area (Å²) in [5.74, 6) is 0. The minimum Gasteiger partial charge on any atom is -0.394 e. The molecule has 0 bridgehead atoms. The molecule has 1 aromatic carbocycles. The van der Waals surface area contributed by atoms with E-state index < -0.39 is 5.54 Å². The molecule has 0 aliphatic rings. The Morgan fingerprint density at radius 2 is 1.91 bits per heavy atom. The number of likely N-dealkylation sites (N-methyl/N-ethyl adjacent to an activating group) is 1. The summed E-state index contributed by atoms with van der Waals surface area (Å²) in [4.78, 5) is 14.2. The number of carbonyl (C=O) groups excluding carboxylic acids is 1. The highest BCUT2D eigenvalue weighted by molar-refractivity contribution is 5.74. The molecule has 0 aliphatic heterocycles. The Morgan fingerprint density at radius 1 is 1.30 bits per heavy atom. The van der Waals surface area contributed by atoms with Gasteiger partial charge in [0.15, 0.2) is 0 Å². The number of aliphatic hydroxyl groups is 1. The normalized spacial score (nSPS) is 15.1. The molecule has 0 aliphatic carbocycles. The summed E-state index contributed by atoms with van der Waals surface area (Å²) in [6.45, 7) is 6.40. The van der Waals surface area contributed by atoms with Crippen LogP contribution in [-0.4, -0.2) is 48.8 Å². The van der Waals surface area contributed by atoms with Gasteiger partial charge in [-0.1, -0.05) is 43.2 Å². The number of urea groups is 1. The third-order valence-corrected chi connectivity index (χ3v) is 4.11. The monoisotopic (exact) mass is 321 g/mol. The van der Waals surface area contributed by atoms with Crippen molar-refractivity contribution in [1.29, 1.82) is 0 Å². The smallest absolute Gasteiger partial charge is 0.315 e. The Morgan fingerprint density at radius 3 is 2.39 bits per heavy atom. The fourth-order valence-corrected chi connectivity index (χ4v) is 2.63. The lowest BCUT2D eigenvalue weighted by Crippen LogP contribution is -2.53. The fraction of sp³-hybridized carbons (Fsp3) is 0.611. The van der Waals surface area contributed by atoms with Crippen molar-refractivity contribution in [3.05, 3.63) is 35.4 Å². The van der Waals surface area contributed by atoms with Gasteiger partial charge in [-0.15, -0.1) is 0 Å². The van der Waals surface area contributed by atoms with E-state index in [-0.39, 0.29) is 18.7 Å². The summed E-state index contributed by atoms with van der Waals surface area (Å²) in [5.41, 5.74) is 1.81. The fourth-order valence-electron chi connectivity index (χ4n) is 2.63. The summed E-state index contributed by atoms with van der Waals surface area (Å²) >= 11 is 0. The molecule has 0 aromatic heterocycles. The van der Waals surface area contributed by atoms with Gasteiger partial charge >= 0.3 is 6.03 Å². The Balaban J connectivity index is 2.65. The predicted molar refractivity (Wildman–Crippen MR) is 94.5 cm³/mol. The second kappa shape index (κ2) is 8.89. The van der Waals surface area contributed by atoms with Crippen molar-refractivity contribution in [3.8, 4) is 0 Å². The number of rotatable bonds is 8. The van der Waals surface area contributed by atoms with Crippen LogP contribution >= 0.6 is 0 Å². The van der Waals surface area contributed by atoms with Crippen LogP contribution in [0.3, 0.4) is 0 Å². The molecule has 0 spiro atoms. The number of nitrogens with one attached hydrogen (secondary N) is 2. The average molecular weight is 321 g/mol. The topological polar surface area (TPSA) is 64.6 Å². The van der Waals surface area contributed by atoms with E-state index in [1.807, 2.05) is 27.9 Å². The van der Waals surface area contributed by atoms with Gasteiger partial charge in [-0.05, 0) is 39.9 Å². The number of nitrogens with zero attached hydrogens (tertiary/aromatic N) is 1. The molecule has 0 saturated heterocycles. The van der Waals surface area contributed by atoms with Crippen LogP contribution in [0.2, 0.25) is 0 Å². The van der Waals surface area contributed by atoms with Gasteiger partial charge in [-0.25, -0.2) is 4.79 Å². The van der Waals surface area contributed by atoms with Gasteiger partial charge in [0.2, 0.25) is 0 Å². The lowest BCUT2D eigenvalue weighted by Gasteiger charge is -2.30. The molecule has 5 heteroatoms. The Bertz CT molecular complexity index is 488. The minimum absolute atomic E-state index is 0.0661. The molecule has 1 rings (SSSR count). The van der Waals surface area contributed by atoms with Gasteiger partial charge in [0, 0.05) is 6.54 Å². The number of aliphatic hydroxyl groups excluding tert-OH is 1. The molecular weight excluding hydrogens is 290 g/mol. The predicted octanol–water partition coefficient (Wildman–Crippen LogP) is 2.45. The van der Waals surface area contributed by atoms with Crippen LogP contribution < -0.4 is 10.6 Å². The highest BCUT2D eigenvalue weighted by Crippen LogP contribution is 2.18. The lowest BCUT2D eigenvalue weighted by atomic mass is 9.97. The molecule has 130 valence electrons. The highest BCUT2D eigenvalue weighted by Gasteiger charge is 2.25. The van der Waals surface area contributed by atoms with E-state index in [0.29, 0.717) is 6.54 Å². The van der Waals surface area contributed by atoms with Crippen LogP contribution in [0.15, 0.2) is 24.3 Å². The summed E-state index contributed by atoms with van der Waals surface area (Å²) in [5, 5.41) is 15.3. The quantitative estimate of drug-likeness (QED) is 0.689. The van der Waals surface area contributed by atoms with Crippen molar-refractivity contribution in [2.75, 3.05) is 27.2 Å². The molecule has 0 radical (unpaired) electrons. The Kier molecular flexibility index (Phi) is 7.52. The van der Waals surface area contributed by atoms with Crippen LogP contribution in [0.25, 0.3) is 0 Å². The molecule has 2 atom stereocenters. The molecule has 3 N–H and O–H groups in total. The molecular formula is C18H31N3O2. The zero-order valence-corrected chi connectivity index (χ0v) is 15.0. The van der Waals surface area contributed by atoms with Crippen LogP contribution in [-0.2, 0) is 0 Å². The highest BCUT2D eigenvalue weighted by atomic mass is 16.3. The number of hydrogen-bond donors (Lipinski definition) is 3. The molecule has 23 heavy (non-hydrogen) atoms. The van der Waals surface area contributed by atoms with Gasteiger partial charge in [0.25, 0.3) is 0 Å². The van der Waals surface area contributed by atoms with E-state index in [2.05, 4.69) is 46.7 Å². The third-order valence-electron chi connectivity index (χ3n) is 4.11. The number of amides is 2. The molecule has 5 nitrogen and oxygen atoms in total. The molecule has 0 heterocycles. The van der Waals surface area contributed by atoms with Crippen molar-refractivity contribution in [1.82, 2.24) is 15.5 Å². The van der Waals surface area contributed by atoms with E-state index in [1.54, 1.807) is 0 Å². The first-order valence-corrected chi connectivity index (χ1v) is 8.21. The van der Waals surface area contributed by atoms with Gasteiger partial charge in [-0.2, -0.15) is 0 Å². The van der Waals surface area contributed by atoms with Crippen LogP contribution in [0.5, 0.6) is 0 Å². The molecule has 2 amide bonds. The maximum atomic E-state index is 12.2. The molecule has 0 fully saturated rings. The summed E-state index contributed by atoms with van der Waals surface area (Å²) in [6.07, 6.45) is 1.65.